The summed E-state index contributed by atoms with van der Waals surface area (Å²) in [6.45, 7) is 0. The Morgan fingerprint density at radius 2 is 1.96 bits per heavy atom. The quantitative estimate of drug-likeness (QED) is 0.711. The molecule has 1 amide bonds. The van der Waals surface area contributed by atoms with Crippen LogP contribution in [0.5, 0.6) is 0 Å². The van der Waals surface area contributed by atoms with Gasteiger partial charge >= 0.3 is 0 Å². The van der Waals surface area contributed by atoms with Gasteiger partial charge < -0.3 is 5.32 Å². The molecule has 27 heavy (non-hydrogen) atoms. The Hall–Kier alpha value is -2.99. The SMILES string of the molecule is O=C1NC(=NC2C[C@H]2c2ccccc2)SC1=Cc1ccc2ncccc2n1. The zero-order valence-corrected chi connectivity index (χ0v) is 15.2. The highest BCUT2D eigenvalue weighted by Crippen LogP contribution is 2.44. The number of carbonyl (C=O) groups excluding carboxylic acids is 1. The molecular formula is C21H16N4OS. The third-order valence-electron chi connectivity index (χ3n) is 4.68. The molecule has 132 valence electrons. The molecule has 0 spiro atoms. The minimum absolute atomic E-state index is 0.122. The van der Waals surface area contributed by atoms with Crippen LogP contribution in [0.2, 0.25) is 0 Å². The van der Waals surface area contributed by atoms with E-state index < -0.39 is 0 Å². The van der Waals surface area contributed by atoms with Crippen molar-refractivity contribution < 1.29 is 4.79 Å². The molecule has 1 aliphatic carbocycles. The van der Waals surface area contributed by atoms with Crippen molar-refractivity contribution in [1.82, 2.24) is 15.3 Å². The van der Waals surface area contributed by atoms with Crippen molar-refractivity contribution in [1.29, 1.82) is 0 Å². The highest BCUT2D eigenvalue weighted by molar-refractivity contribution is 8.18. The van der Waals surface area contributed by atoms with Crippen molar-refractivity contribution >= 4 is 39.9 Å². The van der Waals surface area contributed by atoms with Crippen molar-refractivity contribution in [3.63, 3.8) is 0 Å². The summed E-state index contributed by atoms with van der Waals surface area (Å²) >= 11 is 1.38. The second kappa shape index (κ2) is 6.63. The van der Waals surface area contributed by atoms with Gasteiger partial charge in [0.15, 0.2) is 5.17 Å². The molecule has 0 radical (unpaired) electrons. The molecule has 0 bridgehead atoms. The lowest BCUT2D eigenvalue weighted by Crippen LogP contribution is -2.20. The number of amidine groups is 1. The van der Waals surface area contributed by atoms with Gasteiger partial charge in [0, 0.05) is 12.1 Å². The standard InChI is InChI=1S/C21H16N4OS/c26-20-19(11-14-8-9-16-17(23-14)7-4-10-22-16)27-21(25-20)24-18-12-15(18)13-5-2-1-3-6-13/h1-11,15,18H,12H2,(H,24,25,26)/t15-,18?/m0/s1. The smallest absolute Gasteiger partial charge is 0.264 e. The van der Waals surface area contributed by atoms with E-state index >= 15 is 0 Å². The fourth-order valence-corrected chi connectivity index (χ4v) is 4.07. The molecule has 3 heterocycles. The highest BCUT2D eigenvalue weighted by Gasteiger charge is 2.39. The number of carbonyl (C=O) groups is 1. The molecule has 1 unspecified atom stereocenters. The molecular weight excluding hydrogens is 356 g/mol. The van der Waals surface area contributed by atoms with Crippen LogP contribution in [0, 0.1) is 0 Å². The van der Waals surface area contributed by atoms with Gasteiger partial charge in [-0.05, 0) is 54.1 Å². The van der Waals surface area contributed by atoms with Crippen LogP contribution in [0.4, 0.5) is 0 Å². The van der Waals surface area contributed by atoms with Crippen LogP contribution in [-0.2, 0) is 4.79 Å². The first-order valence-electron chi connectivity index (χ1n) is 8.82. The maximum absolute atomic E-state index is 12.3. The van der Waals surface area contributed by atoms with E-state index in [4.69, 9.17) is 4.99 Å². The predicted octanol–water partition coefficient (Wildman–Crippen LogP) is 3.75. The van der Waals surface area contributed by atoms with E-state index in [2.05, 4.69) is 39.6 Å². The Morgan fingerprint density at radius 3 is 2.85 bits per heavy atom. The average Bonchev–Trinajstić information content (AvgIpc) is 3.38. The number of fused-ring (bicyclic) bond motifs is 1. The van der Waals surface area contributed by atoms with Gasteiger partial charge in [-0.15, -0.1) is 0 Å². The number of hydrogen-bond acceptors (Lipinski definition) is 5. The molecule has 5 nitrogen and oxygen atoms in total. The minimum Gasteiger partial charge on any atom is -0.301 e. The van der Waals surface area contributed by atoms with E-state index in [1.54, 1.807) is 12.3 Å². The fraction of sp³-hybridized carbons (Fsp3) is 0.143. The summed E-state index contributed by atoms with van der Waals surface area (Å²) in [6, 6.07) is 18.2. The van der Waals surface area contributed by atoms with E-state index in [0.29, 0.717) is 16.0 Å². The molecule has 2 aromatic heterocycles. The molecule has 2 fully saturated rings. The van der Waals surface area contributed by atoms with Crippen LogP contribution in [0.3, 0.4) is 0 Å². The van der Waals surface area contributed by atoms with E-state index in [-0.39, 0.29) is 11.9 Å². The molecule has 1 aliphatic heterocycles. The number of thioether (sulfide) groups is 1. The van der Waals surface area contributed by atoms with Crippen molar-refractivity contribution in [2.75, 3.05) is 0 Å². The lowest BCUT2D eigenvalue weighted by molar-refractivity contribution is -0.115. The molecule has 1 N–H and O–H groups in total. The third kappa shape index (κ3) is 3.36. The van der Waals surface area contributed by atoms with Gasteiger partial charge in [0.25, 0.3) is 5.91 Å². The monoisotopic (exact) mass is 372 g/mol. The first-order valence-corrected chi connectivity index (χ1v) is 9.63. The van der Waals surface area contributed by atoms with Crippen LogP contribution in [-0.4, -0.2) is 27.1 Å². The third-order valence-corrected chi connectivity index (χ3v) is 5.60. The topological polar surface area (TPSA) is 67.2 Å². The lowest BCUT2D eigenvalue weighted by Gasteiger charge is -1.98. The van der Waals surface area contributed by atoms with E-state index in [9.17, 15) is 4.79 Å². The van der Waals surface area contributed by atoms with Crippen LogP contribution in [0.25, 0.3) is 17.1 Å². The average molecular weight is 372 g/mol. The fourth-order valence-electron chi connectivity index (χ4n) is 3.21. The molecule has 1 saturated heterocycles. The van der Waals surface area contributed by atoms with Gasteiger partial charge in [-0.1, -0.05) is 30.3 Å². The number of amides is 1. The Kier molecular flexibility index (Phi) is 3.98. The Morgan fingerprint density at radius 1 is 1.07 bits per heavy atom. The molecule has 3 aromatic rings. The minimum atomic E-state index is -0.122. The maximum Gasteiger partial charge on any atom is 0.264 e. The Balaban J connectivity index is 1.33. The van der Waals surface area contributed by atoms with Crippen molar-refractivity contribution in [2.24, 2.45) is 4.99 Å². The lowest BCUT2D eigenvalue weighted by atomic mass is 10.1. The zero-order valence-electron chi connectivity index (χ0n) is 14.4. The van der Waals surface area contributed by atoms with Crippen molar-refractivity contribution in [3.05, 3.63) is 77.0 Å². The van der Waals surface area contributed by atoms with Crippen LogP contribution in [0.1, 0.15) is 23.6 Å². The van der Waals surface area contributed by atoms with Crippen LogP contribution >= 0.6 is 11.8 Å². The highest BCUT2D eigenvalue weighted by atomic mass is 32.2. The van der Waals surface area contributed by atoms with Gasteiger partial charge in [0.1, 0.15) is 0 Å². The first-order chi connectivity index (χ1) is 13.3. The number of benzene rings is 1. The maximum atomic E-state index is 12.3. The summed E-state index contributed by atoms with van der Waals surface area (Å²) in [6.07, 6.45) is 4.57. The van der Waals surface area contributed by atoms with Gasteiger partial charge in [0.05, 0.1) is 27.7 Å². The molecule has 5 rings (SSSR count). The largest absolute Gasteiger partial charge is 0.301 e. The number of pyridine rings is 2. The summed E-state index contributed by atoms with van der Waals surface area (Å²) < 4.78 is 0. The summed E-state index contributed by atoms with van der Waals surface area (Å²) in [4.78, 5) is 26.4. The molecule has 2 atom stereocenters. The number of nitrogens with zero attached hydrogens (tertiary/aromatic N) is 3. The first kappa shape index (κ1) is 16.2. The second-order valence-corrected chi connectivity index (χ2v) is 7.63. The van der Waals surface area contributed by atoms with E-state index in [1.165, 1.54) is 17.3 Å². The van der Waals surface area contributed by atoms with Gasteiger partial charge in [-0.2, -0.15) is 0 Å². The number of aliphatic imine (C=N–C) groups is 1. The normalized spacial score (nSPS) is 24.5. The van der Waals surface area contributed by atoms with Gasteiger partial charge in [-0.3, -0.25) is 14.8 Å². The number of nitrogens with one attached hydrogen (secondary N) is 1. The molecule has 1 aromatic carbocycles. The van der Waals surface area contributed by atoms with Crippen LogP contribution in [0.15, 0.2) is 70.7 Å². The van der Waals surface area contributed by atoms with Crippen LogP contribution < -0.4 is 5.32 Å². The molecule has 2 aliphatic rings. The molecule has 1 saturated carbocycles. The van der Waals surface area contributed by atoms with E-state index in [1.807, 2.05) is 30.3 Å². The summed E-state index contributed by atoms with van der Waals surface area (Å²) in [7, 11) is 0. The number of aromatic nitrogens is 2. The number of rotatable bonds is 3. The Bertz CT molecular complexity index is 1090. The van der Waals surface area contributed by atoms with Gasteiger partial charge in [-0.25, -0.2) is 4.98 Å². The Labute approximate surface area is 160 Å². The molecule has 6 heteroatoms. The van der Waals surface area contributed by atoms with E-state index in [0.717, 1.165) is 23.1 Å². The summed E-state index contributed by atoms with van der Waals surface area (Å²) in [5.74, 6) is 0.336. The number of hydrogen-bond donors (Lipinski definition) is 1. The van der Waals surface area contributed by atoms with Crippen molar-refractivity contribution in [2.45, 2.75) is 18.4 Å². The summed E-state index contributed by atoms with van der Waals surface area (Å²) in [5, 5.41) is 3.55. The summed E-state index contributed by atoms with van der Waals surface area (Å²) in [5.41, 5.74) is 3.70. The van der Waals surface area contributed by atoms with Crippen molar-refractivity contribution in [3.8, 4) is 0 Å². The predicted molar refractivity (Wildman–Crippen MR) is 108 cm³/mol. The zero-order chi connectivity index (χ0) is 18.2. The van der Waals surface area contributed by atoms with Gasteiger partial charge in [0.2, 0.25) is 0 Å². The second-order valence-electron chi connectivity index (χ2n) is 6.60.